The fraction of sp³-hybridized carbons (Fsp3) is 0.833. The van der Waals surface area contributed by atoms with Crippen LogP contribution in [0.15, 0.2) is 0 Å². The van der Waals surface area contributed by atoms with Crippen LogP contribution in [0.4, 0.5) is 0 Å². The smallest absolute Gasteiger partial charge is 0.306 e. The molecular formula is C12H22N2O4. The average molecular weight is 258 g/mol. The Labute approximate surface area is 107 Å². The van der Waals surface area contributed by atoms with Crippen molar-refractivity contribution in [1.29, 1.82) is 0 Å². The molecular weight excluding hydrogens is 236 g/mol. The number of aliphatic hydroxyl groups excluding tert-OH is 1. The summed E-state index contributed by atoms with van der Waals surface area (Å²) in [6, 6.07) is -0.0505. The number of carboxylic acid groups (broad SMARTS) is 1. The van der Waals surface area contributed by atoms with E-state index in [1.165, 1.54) is 0 Å². The van der Waals surface area contributed by atoms with Crippen LogP contribution in [0.2, 0.25) is 0 Å². The highest BCUT2D eigenvalue weighted by Gasteiger charge is 2.27. The van der Waals surface area contributed by atoms with Gasteiger partial charge in [-0.2, -0.15) is 0 Å². The van der Waals surface area contributed by atoms with Crippen LogP contribution in [-0.2, 0) is 9.59 Å². The lowest BCUT2D eigenvalue weighted by Crippen LogP contribution is -2.46. The Hall–Kier alpha value is -1.14. The van der Waals surface area contributed by atoms with Gasteiger partial charge >= 0.3 is 5.97 Å². The fourth-order valence-electron chi connectivity index (χ4n) is 1.98. The van der Waals surface area contributed by atoms with Gasteiger partial charge in [0.1, 0.15) is 0 Å². The Morgan fingerprint density at radius 1 is 1.39 bits per heavy atom. The number of hydrogen-bond donors (Lipinski definition) is 2. The molecule has 1 atom stereocenters. The molecule has 0 saturated carbocycles. The predicted molar refractivity (Wildman–Crippen MR) is 66.1 cm³/mol. The highest BCUT2D eigenvalue weighted by Crippen LogP contribution is 2.17. The van der Waals surface area contributed by atoms with Crippen LogP contribution in [0, 0.1) is 5.92 Å². The zero-order valence-electron chi connectivity index (χ0n) is 11.0. The summed E-state index contributed by atoms with van der Waals surface area (Å²) >= 11 is 0. The molecule has 0 aromatic carbocycles. The van der Waals surface area contributed by atoms with E-state index in [-0.39, 0.29) is 31.0 Å². The Morgan fingerprint density at radius 2 is 1.94 bits per heavy atom. The van der Waals surface area contributed by atoms with Crippen LogP contribution >= 0.6 is 0 Å². The van der Waals surface area contributed by atoms with Gasteiger partial charge in [0.25, 0.3) is 0 Å². The van der Waals surface area contributed by atoms with Gasteiger partial charge in [0.2, 0.25) is 5.91 Å². The maximum atomic E-state index is 12.0. The van der Waals surface area contributed by atoms with E-state index in [9.17, 15) is 9.59 Å². The molecule has 6 heteroatoms. The lowest BCUT2D eigenvalue weighted by Gasteiger charge is -2.32. The van der Waals surface area contributed by atoms with E-state index in [0.717, 1.165) is 0 Å². The second kappa shape index (κ2) is 6.70. The zero-order valence-corrected chi connectivity index (χ0v) is 11.0. The SMILES string of the molecule is CC(CO)N(C)CC(=O)N1CCC(C(=O)O)CC1. The van der Waals surface area contributed by atoms with Crippen LogP contribution in [0.25, 0.3) is 0 Å². The average Bonchev–Trinajstić information content (AvgIpc) is 2.37. The summed E-state index contributed by atoms with van der Waals surface area (Å²) in [6.45, 7) is 3.16. The topological polar surface area (TPSA) is 81.1 Å². The van der Waals surface area contributed by atoms with E-state index >= 15 is 0 Å². The lowest BCUT2D eigenvalue weighted by molar-refractivity contribution is -0.146. The maximum absolute atomic E-state index is 12.0. The summed E-state index contributed by atoms with van der Waals surface area (Å²) in [6.07, 6.45) is 1.06. The summed E-state index contributed by atoms with van der Waals surface area (Å²) in [5.74, 6) is -1.09. The molecule has 0 aliphatic carbocycles. The molecule has 1 aliphatic rings. The first kappa shape index (κ1) is 14.9. The second-order valence-electron chi connectivity index (χ2n) is 4.94. The van der Waals surface area contributed by atoms with Gasteiger partial charge < -0.3 is 15.1 Å². The monoisotopic (exact) mass is 258 g/mol. The number of aliphatic hydroxyl groups is 1. The first-order valence-electron chi connectivity index (χ1n) is 6.27. The van der Waals surface area contributed by atoms with E-state index in [4.69, 9.17) is 10.2 Å². The third kappa shape index (κ3) is 3.96. The number of hydrogen-bond acceptors (Lipinski definition) is 4. The minimum atomic E-state index is -0.770. The minimum absolute atomic E-state index is 0.00152. The number of likely N-dealkylation sites (N-methyl/N-ethyl adjacent to an activating group) is 1. The zero-order chi connectivity index (χ0) is 13.7. The van der Waals surface area contributed by atoms with Gasteiger partial charge in [-0.1, -0.05) is 0 Å². The van der Waals surface area contributed by atoms with Gasteiger partial charge in [-0.15, -0.1) is 0 Å². The van der Waals surface area contributed by atoms with E-state index in [1.807, 2.05) is 6.92 Å². The van der Waals surface area contributed by atoms with Crippen LogP contribution in [-0.4, -0.2) is 71.2 Å². The van der Waals surface area contributed by atoms with Crippen LogP contribution in [0.3, 0.4) is 0 Å². The number of carbonyl (C=O) groups excluding carboxylic acids is 1. The fourth-order valence-corrected chi connectivity index (χ4v) is 1.98. The standard InChI is InChI=1S/C12H22N2O4/c1-9(8-15)13(2)7-11(16)14-5-3-10(4-6-14)12(17)18/h9-10,15H,3-8H2,1-2H3,(H,17,18). The summed E-state index contributed by atoms with van der Waals surface area (Å²) in [5.41, 5.74) is 0. The number of carbonyl (C=O) groups is 2. The number of piperidine rings is 1. The van der Waals surface area contributed by atoms with Gasteiger partial charge in [0.15, 0.2) is 0 Å². The molecule has 0 aromatic rings. The predicted octanol–water partition coefficient (Wildman–Crippen LogP) is -0.378. The number of likely N-dealkylation sites (tertiary alicyclic amines) is 1. The van der Waals surface area contributed by atoms with Crippen molar-refractivity contribution in [2.24, 2.45) is 5.92 Å². The third-order valence-electron chi connectivity index (χ3n) is 3.60. The van der Waals surface area contributed by atoms with Crippen molar-refractivity contribution in [3.63, 3.8) is 0 Å². The van der Waals surface area contributed by atoms with Crippen molar-refractivity contribution in [1.82, 2.24) is 9.80 Å². The summed E-state index contributed by atoms with van der Waals surface area (Å²) in [5, 5.41) is 17.9. The molecule has 1 rings (SSSR count). The van der Waals surface area contributed by atoms with Gasteiger partial charge in [0, 0.05) is 19.1 Å². The Balaban J connectivity index is 2.38. The normalized spacial score (nSPS) is 19.0. The number of carboxylic acids is 1. The second-order valence-corrected chi connectivity index (χ2v) is 4.94. The molecule has 0 aromatic heterocycles. The minimum Gasteiger partial charge on any atom is -0.481 e. The van der Waals surface area contributed by atoms with Crippen LogP contribution in [0.1, 0.15) is 19.8 Å². The highest BCUT2D eigenvalue weighted by atomic mass is 16.4. The number of nitrogens with zero attached hydrogens (tertiary/aromatic N) is 2. The molecule has 1 fully saturated rings. The molecule has 1 saturated heterocycles. The molecule has 1 amide bonds. The van der Waals surface area contributed by atoms with E-state index < -0.39 is 5.97 Å². The molecule has 104 valence electrons. The Bertz CT molecular complexity index is 300. The largest absolute Gasteiger partial charge is 0.481 e. The first-order valence-corrected chi connectivity index (χ1v) is 6.27. The van der Waals surface area contributed by atoms with Crippen molar-refractivity contribution in [3.05, 3.63) is 0 Å². The van der Waals surface area contributed by atoms with Crippen molar-refractivity contribution in [3.8, 4) is 0 Å². The number of amides is 1. The van der Waals surface area contributed by atoms with Crippen molar-refractivity contribution < 1.29 is 19.8 Å². The molecule has 2 N–H and O–H groups in total. The van der Waals surface area contributed by atoms with Crippen molar-refractivity contribution in [2.45, 2.75) is 25.8 Å². The number of aliphatic carboxylic acids is 1. The third-order valence-corrected chi connectivity index (χ3v) is 3.60. The van der Waals surface area contributed by atoms with E-state index in [0.29, 0.717) is 25.9 Å². The quantitative estimate of drug-likeness (QED) is 0.702. The lowest BCUT2D eigenvalue weighted by atomic mass is 9.97. The molecule has 6 nitrogen and oxygen atoms in total. The van der Waals surface area contributed by atoms with Gasteiger partial charge in [-0.3, -0.25) is 14.5 Å². The van der Waals surface area contributed by atoms with E-state index in [1.54, 1.807) is 16.8 Å². The molecule has 0 bridgehead atoms. The van der Waals surface area contributed by atoms with Gasteiger partial charge in [-0.25, -0.2) is 0 Å². The molecule has 0 spiro atoms. The van der Waals surface area contributed by atoms with Crippen molar-refractivity contribution >= 4 is 11.9 Å². The molecule has 1 aliphatic heterocycles. The number of rotatable bonds is 5. The van der Waals surface area contributed by atoms with Crippen LogP contribution in [0.5, 0.6) is 0 Å². The Morgan fingerprint density at radius 3 is 2.39 bits per heavy atom. The van der Waals surface area contributed by atoms with Crippen molar-refractivity contribution in [2.75, 3.05) is 33.3 Å². The van der Waals surface area contributed by atoms with Crippen LogP contribution < -0.4 is 0 Å². The molecule has 18 heavy (non-hydrogen) atoms. The maximum Gasteiger partial charge on any atom is 0.306 e. The molecule has 0 radical (unpaired) electrons. The van der Waals surface area contributed by atoms with Gasteiger partial charge in [-0.05, 0) is 26.8 Å². The summed E-state index contributed by atoms with van der Waals surface area (Å²) < 4.78 is 0. The molecule has 1 unspecified atom stereocenters. The Kier molecular flexibility index (Phi) is 5.55. The first-order chi connectivity index (χ1) is 8.45. The van der Waals surface area contributed by atoms with E-state index in [2.05, 4.69) is 0 Å². The summed E-state index contributed by atoms with van der Waals surface area (Å²) in [4.78, 5) is 26.3. The summed E-state index contributed by atoms with van der Waals surface area (Å²) in [7, 11) is 1.79. The molecule has 1 heterocycles. The highest BCUT2D eigenvalue weighted by molar-refractivity contribution is 5.79. The van der Waals surface area contributed by atoms with Gasteiger partial charge in [0.05, 0.1) is 19.1 Å².